The van der Waals surface area contributed by atoms with Crippen LogP contribution in [0.4, 0.5) is 8.78 Å². The van der Waals surface area contributed by atoms with E-state index in [0.29, 0.717) is 0 Å². The summed E-state index contributed by atoms with van der Waals surface area (Å²) in [7, 11) is 1.18. The quantitative estimate of drug-likeness (QED) is 0.282. The molecule has 0 bridgehead atoms. The van der Waals surface area contributed by atoms with Gasteiger partial charge in [0.2, 0.25) is 0 Å². The number of carbonyl (C=O) groups is 1. The molecule has 8 heteroatoms. The molecule has 1 aromatic rings. The van der Waals surface area contributed by atoms with Gasteiger partial charge in [-0.05, 0) is 23.2 Å². The molecule has 0 radical (unpaired) electrons. The van der Waals surface area contributed by atoms with Gasteiger partial charge in [0.1, 0.15) is 6.04 Å². The number of azide groups is 1. The molecule has 1 rings (SSSR count). The van der Waals surface area contributed by atoms with Crippen LogP contribution in [0.25, 0.3) is 10.4 Å². The molecule has 102 valence electrons. The molecule has 0 amide bonds. The molecule has 0 saturated heterocycles. The molecule has 0 spiro atoms. The lowest BCUT2D eigenvalue weighted by Gasteiger charge is -2.16. The van der Waals surface area contributed by atoms with Crippen molar-refractivity contribution in [2.24, 2.45) is 5.11 Å². The van der Waals surface area contributed by atoms with Gasteiger partial charge < -0.3 is 10.1 Å². The lowest BCUT2D eigenvalue weighted by Crippen LogP contribution is -2.31. The van der Waals surface area contributed by atoms with E-state index < -0.39 is 23.6 Å². The number of halogens is 2. The first-order chi connectivity index (χ1) is 9.10. The van der Waals surface area contributed by atoms with Gasteiger partial charge in [-0.15, -0.1) is 0 Å². The molecule has 0 heterocycles. The minimum Gasteiger partial charge on any atom is -0.468 e. The first kappa shape index (κ1) is 14.9. The van der Waals surface area contributed by atoms with Crippen molar-refractivity contribution in [1.82, 2.24) is 5.32 Å². The van der Waals surface area contributed by atoms with Crippen molar-refractivity contribution in [1.29, 1.82) is 0 Å². The van der Waals surface area contributed by atoms with E-state index in [2.05, 4.69) is 20.1 Å². The van der Waals surface area contributed by atoms with E-state index in [-0.39, 0.29) is 18.7 Å². The second-order valence-electron chi connectivity index (χ2n) is 3.54. The number of carbonyl (C=O) groups excluding carboxylic acids is 1. The molecule has 0 aliphatic carbocycles. The summed E-state index contributed by atoms with van der Waals surface area (Å²) in [6.45, 7) is 0.316. The zero-order valence-electron chi connectivity index (χ0n) is 10.1. The van der Waals surface area contributed by atoms with Gasteiger partial charge in [0.25, 0.3) is 0 Å². The van der Waals surface area contributed by atoms with E-state index in [1.807, 2.05) is 0 Å². The SMILES string of the molecule is COC(=O)C(NCCN=[N+]=[N-])c1ccc(F)c(F)c1. The molecule has 1 unspecified atom stereocenters. The molecular weight excluding hydrogens is 258 g/mol. The molecule has 1 N–H and O–H groups in total. The van der Waals surface area contributed by atoms with E-state index in [4.69, 9.17) is 5.53 Å². The summed E-state index contributed by atoms with van der Waals surface area (Å²) in [5, 5.41) is 6.03. The molecule has 19 heavy (non-hydrogen) atoms. The van der Waals surface area contributed by atoms with Gasteiger partial charge in [0.05, 0.1) is 7.11 Å². The van der Waals surface area contributed by atoms with Gasteiger partial charge in [-0.3, -0.25) is 0 Å². The average Bonchev–Trinajstić information content (AvgIpc) is 2.41. The number of ether oxygens (including phenoxy) is 1. The minimum atomic E-state index is -1.05. The second-order valence-corrected chi connectivity index (χ2v) is 3.54. The normalized spacial score (nSPS) is 11.5. The average molecular weight is 270 g/mol. The van der Waals surface area contributed by atoms with Crippen LogP contribution >= 0.6 is 0 Å². The van der Waals surface area contributed by atoms with Crippen molar-refractivity contribution in [3.63, 3.8) is 0 Å². The molecule has 1 aromatic carbocycles. The van der Waals surface area contributed by atoms with E-state index in [1.165, 1.54) is 13.2 Å². The Labute approximate surface area is 108 Å². The predicted octanol–water partition coefficient (Wildman–Crippen LogP) is 2.08. The summed E-state index contributed by atoms with van der Waals surface area (Å²) in [6, 6.07) is 2.17. The fraction of sp³-hybridized carbons (Fsp3) is 0.364. The maximum absolute atomic E-state index is 13.1. The number of nitrogens with one attached hydrogen (secondary N) is 1. The molecule has 0 fully saturated rings. The highest BCUT2D eigenvalue weighted by Crippen LogP contribution is 2.17. The van der Waals surface area contributed by atoms with Crippen LogP contribution in [-0.4, -0.2) is 26.2 Å². The van der Waals surface area contributed by atoms with Gasteiger partial charge in [0, 0.05) is 18.0 Å². The zero-order chi connectivity index (χ0) is 14.3. The molecule has 0 saturated carbocycles. The van der Waals surface area contributed by atoms with Crippen LogP contribution in [0.3, 0.4) is 0 Å². The second kappa shape index (κ2) is 7.30. The summed E-state index contributed by atoms with van der Waals surface area (Å²) in [6.07, 6.45) is 0. The van der Waals surface area contributed by atoms with E-state index in [1.54, 1.807) is 0 Å². The Hall–Kier alpha value is -2.18. The van der Waals surface area contributed by atoms with Gasteiger partial charge in [-0.2, -0.15) is 0 Å². The van der Waals surface area contributed by atoms with Gasteiger partial charge in [-0.25, -0.2) is 13.6 Å². The summed E-state index contributed by atoms with van der Waals surface area (Å²) in [5.41, 5.74) is 8.35. The van der Waals surface area contributed by atoms with Crippen LogP contribution < -0.4 is 5.32 Å². The molecule has 0 aromatic heterocycles. The Morgan fingerprint density at radius 2 is 2.26 bits per heavy atom. The minimum absolute atomic E-state index is 0.119. The molecule has 0 aliphatic heterocycles. The number of rotatable bonds is 6. The highest BCUT2D eigenvalue weighted by atomic mass is 19.2. The lowest BCUT2D eigenvalue weighted by molar-refractivity contribution is -0.143. The third-order valence-corrected chi connectivity index (χ3v) is 2.34. The summed E-state index contributed by atoms with van der Waals surface area (Å²) in [4.78, 5) is 14.1. The predicted molar refractivity (Wildman–Crippen MR) is 63.1 cm³/mol. The van der Waals surface area contributed by atoms with Crippen LogP contribution in [-0.2, 0) is 9.53 Å². The van der Waals surface area contributed by atoms with Crippen molar-refractivity contribution >= 4 is 5.97 Å². The Bertz CT molecular complexity index is 503. The number of hydrogen-bond acceptors (Lipinski definition) is 4. The zero-order valence-corrected chi connectivity index (χ0v) is 10.1. The number of esters is 1. The maximum atomic E-state index is 13.1. The molecule has 6 nitrogen and oxygen atoms in total. The number of nitrogens with zero attached hydrogens (tertiary/aromatic N) is 3. The van der Waals surface area contributed by atoms with E-state index >= 15 is 0 Å². The fourth-order valence-corrected chi connectivity index (χ4v) is 1.45. The van der Waals surface area contributed by atoms with Crippen molar-refractivity contribution in [3.05, 3.63) is 45.8 Å². The highest BCUT2D eigenvalue weighted by Gasteiger charge is 2.21. The van der Waals surface area contributed by atoms with Crippen LogP contribution in [0.1, 0.15) is 11.6 Å². The Morgan fingerprint density at radius 1 is 1.53 bits per heavy atom. The monoisotopic (exact) mass is 270 g/mol. The van der Waals surface area contributed by atoms with Crippen molar-refractivity contribution < 1.29 is 18.3 Å². The first-order valence-corrected chi connectivity index (χ1v) is 5.37. The number of hydrogen-bond donors (Lipinski definition) is 1. The number of benzene rings is 1. The van der Waals surface area contributed by atoms with Gasteiger partial charge in [-0.1, -0.05) is 11.2 Å². The summed E-state index contributed by atoms with van der Waals surface area (Å²) < 4.78 is 30.5. The Balaban J connectivity index is 2.86. The van der Waals surface area contributed by atoms with Crippen LogP contribution in [0.15, 0.2) is 23.3 Å². The molecule has 0 aliphatic rings. The lowest BCUT2D eigenvalue weighted by atomic mass is 10.1. The van der Waals surface area contributed by atoms with Crippen molar-refractivity contribution in [3.8, 4) is 0 Å². The fourth-order valence-electron chi connectivity index (χ4n) is 1.45. The Kier molecular flexibility index (Phi) is 5.72. The summed E-state index contributed by atoms with van der Waals surface area (Å²) >= 11 is 0. The van der Waals surface area contributed by atoms with Gasteiger partial charge >= 0.3 is 5.97 Å². The summed E-state index contributed by atoms with van der Waals surface area (Å²) in [5.74, 6) is -2.70. The molecule has 1 atom stereocenters. The van der Waals surface area contributed by atoms with Crippen LogP contribution in [0.2, 0.25) is 0 Å². The maximum Gasteiger partial charge on any atom is 0.327 e. The topological polar surface area (TPSA) is 87.1 Å². The van der Waals surface area contributed by atoms with Crippen LogP contribution in [0.5, 0.6) is 0 Å². The first-order valence-electron chi connectivity index (χ1n) is 5.37. The molecular formula is C11H12F2N4O2. The van der Waals surface area contributed by atoms with Crippen molar-refractivity contribution in [2.75, 3.05) is 20.2 Å². The largest absolute Gasteiger partial charge is 0.468 e. The van der Waals surface area contributed by atoms with Crippen molar-refractivity contribution in [2.45, 2.75) is 6.04 Å². The third kappa shape index (κ3) is 4.20. The van der Waals surface area contributed by atoms with E-state index in [9.17, 15) is 13.6 Å². The third-order valence-electron chi connectivity index (χ3n) is 2.34. The van der Waals surface area contributed by atoms with Crippen LogP contribution in [0, 0.1) is 11.6 Å². The standard InChI is InChI=1S/C11H12F2N4O2/c1-19-11(18)10(15-4-5-16-17-14)7-2-3-8(12)9(13)6-7/h2-3,6,10,15H,4-5H2,1H3. The van der Waals surface area contributed by atoms with Gasteiger partial charge in [0.15, 0.2) is 11.6 Å². The number of methoxy groups -OCH3 is 1. The highest BCUT2D eigenvalue weighted by molar-refractivity contribution is 5.77. The Morgan fingerprint density at radius 3 is 2.84 bits per heavy atom. The smallest absolute Gasteiger partial charge is 0.327 e. The van der Waals surface area contributed by atoms with E-state index in [0.717, 1.165) is 12.1 Å².